The normalized spacial score (nSPS) is 14.1. The van der Waals surface area contributed by atoms with Crippen molar-refractivity contribution in [3.8, 4) is 22.8 Å². The number of aromatic nitrogens is 2. The lowest BCUT2D eigenvalue weighted by molar-refractivity contribution is 0.303. The van der Waals surface area contributed by atoms with Crippen LogP contribution >= 0.6 is 11.6 Å². The number of hydrogen-bond donors (Lipinski definition) is 3. The zero-order chi connectivity index (χ0) is 16.4. The van der Waals surface area contributed by atoms with Gasteiger partial charge in [-0.15, -0.1) is 5.11 Å². The molecule has 8 nitrogen and oxygen atoms in total. The number of rotatable bonds is 4. The van der Waals surface area contributed by atoms with Gasteiger partial charge in [0.15, 0.2) is 17.3 Å². The maximum absolute atomic E-state index is 10.3. The number of aromatic hydroxyl groups is 1. The minimum atomic E-state index is -0.367. The number of nitrogens with one attached hydrogen (secondary N) is 1. The van der Waals surface area contributed by atoms with Crippen molar-refractivity contribution in [1.82, 2.24) is 9.97 Å². The molecule has 1 aromatic heterocycles. The minimum absolute atomic E-state index is 0.0707. The summed E-state index contributed by atoms with van der Waals surface area (Å²) in [5.41, 5.74) is 0.724. The molecule has 1 aliphatic rings. The van der Waals surface area contributed by atoms with Crippen molar-refractivity contribution in [3.63, 3.8) is 0 Å². The maximum Gasteiger partial charge on any atom is 0.198 e. The van der Waals surface area contributed by atoms with Crippen LogP contribution in [0.5, 0.6) is 11.5 Å². The summed E-state index contributed by atoms with van der Waals surface area (Å²) in [7, 11) is 0. The Morgan fingerprint density at radius 1 is 1.39 bits per heavy atom. The smallest absolute Gasteiger partial charge is 0.198 e. The first kappa shape index (κ1) is 15.2. The first-order valence-corrected chi connectivity index (χ1v) is 7.18. The molecule has 0 saturated heterocycles. The van der Waals surface area contributed by atoms with Crippen LogP contribution in [-0.4, -0.2) is 27.0 Å². The highest BCUT2D eigenvalue weighted by molar-refractivity contribution is 6.32. The molecule has 0 radical (unpaired) electrons. The largest absolute Gasteiger partial charge is 0.504 e. The molecule has 2 aromatic rings. The van der Waals surface area contributed by atoms with Crippen molar-refractivity contribution < 1.29 is 9.84 Å². The Balaban J connectivity index is 1.96. The molecule has 1 aromatic carbocycles. The van der Waals surface area contributed by atoms with E-state index < -0.39 is 0 Å². The summed E-state index contributed by atoms with van der Waals surface area (Å²) < 4.78 is 5.67. The molecule has 4 N–H and O–H groups in total. The van der Waals surface area contributed by atoms with Crippen LogP contribution in [0.1, 0.15) is 18.5 Å². The van der Waals surface area contributed by atoms with Gasteiger partial charge in [-0.25, -0.2) is 9.97 Å². The molecule has 0 spiro atoms. The highest BCUT2D eigenvalue weighted by Gasteiger charge is 2.24. The molecule has 9 heteroatoms. The third-order valence-corrected chi connectivity index (χ3v) is 3.52. The van der Waals surface area contributed by atoms with Crippen molar-refractivity contribution in [3.05, 3.63) is 35.2 Å². The summed E-state index contributed by atoms with van der Waals surface area (Å²) in [5, 5.41) is 24.7. The van der Waals surface area contributed by atoms with Crippen molar-refractivity contribution in [2.24, 2.45) is 16.2 Å². The van der Waals surface area contributed by atoms with Crippen molar-refractivity contribution >= 4 is 17.4 Å². The van der Waals surface area contributed by atoms with E-state index in [9.17, 15) is 5.11 Å². The van der Waals surface area contributed by atoms with Gasteiger partial charge in [-0.2, -0.15) is 0 Å². The van der Waals surface area contributed by atoms with Crippen molar-refractivity contribution in [2.45, 2.75) is 18.9 Å². The van der Waals surface area contributed by atoms with Crippen LogP contribution in [0.4, 0.5) is 0 Å². The maximum atomic E-state index is 10.3. The Kier molecular flexibility index (Phi) is 4.07. The van der Waals surface area contributed by atoms with Crippen molar-refractivity contribution in [1.29, 1.82) is 5.41 Å². The highest BCUT2D eigenvalue weighted by atomic mass is 35.5. The molecule has 118 valence electrons. The molecule has 0 aliphatic heterocycles. The standard InChI is InChI=1S/C14H13ClN6O2/c15-9-5-7(1-4-10(9)23-8-2-3-8)11-13(22)12(19-6-18-11)14(16)20-21-17/h1,4-6,8,22H,2-3H2,(H3,16,17,20). The van der Waals surface area contributed by atoms with Crippen LogP contribution in [0.15, 0.2) is 34.9 Å². The number of nitrogens with two attached hydrogens (primary N) is 1. The van der Waals surface area contributed by atoms with Crippen LogP contribution in [0.25, 0.3) is 11.3 Å². The second-order valence-electron chi connectivity index (χ2n) is 4.95. The molecule has 1 saturated carbocycles. The average Bonchev–Trinajstić information content (AvgIpc) is 3.34. The summed E-state index contributed by atoms with van der Waals surface area (Å²) >= 11 is 6.21. The van der Waals surface area contributed by atoms with E-state index in [1.54, 1.807) is 18.2 Å². The van der Waals surface area contributed by atoms with Gasteiger partial charge in [-0.05, 0) is 31.0 Å². The minimum Gasteiger partial charge on any atom is -0.504 e. The number of nitrogens with zero attached hydrogens (tertiary/aromatic N) is 4. The summed E-state index contributed by atoms with van der Waals surface area (Å²) in [5.74, 6) is 4.84. The van der Waals surface area contributed by atoms with Crippen LogP contribution in [0.3, 0.4) is 0 Å². The summed E-state index contributed by atoms with van der Waals surface area (Å²) in [4.78, 5) is 7.85. The van der Waals surface area contributed by atoms with Gasteiger partial charge in [0, 0.05) is 5.56 Å². The van der Waals surface area contributed by atoms with E-state index in [0.29, 0.717) is 16.3 Å². The molecule has 0 bridgehead atoms. The Morgan fingerprint density at radius 2 is 2.17 bits per heavy atom. The summed E-state index contributed by atoms with van der Waals surface area (Å²) in [6.07, 6.45) is 3.52. The molecular formula is C14H13ClN6O2. The van der Waals surface area contributed by atoms with Gasteiger partial charge in [0.25, 0.3) is 0 Å². The highest BCUT2D eigenvalue weighted by Crippen LogP contribution is 2.36. The number of ether oxygens (including phenoxy) is 1. The Hall–Kier alpha value is -2.74. The van der Waals surface area contributed by atoms with Gasteiger partial charge >= 0.3 is 0 Å². The molecule has 23 heavy (non-hydrogen) atoms. The Labute approximate surface area is 136 Å². The third-order valence-electron chi connectivity index (χ3n) is 3.23. The molecule has 1 fully saturated rings. The first-order valence-electron chi connectivity index (χ1n) is 6.80. The molecule has 1 heterocycles. The molecule has 0 amide bonds. The van der Waals surface area contributed by atoms with Crippen LogP contribution < -0.4 is 10.6 Å². The fourth-order valence-corrected chi connectivity index (χ4v) is 2.20. The molecule has 3 rings (SSSR count). The second-order valence-corrected chi connectivity index (χ2v) is 5.35. The Morgan fingerprint density at radius 3 is 2.83 bits per heavy atom. The van der Waals surface area contributed by atoms with Gasteiger partial charge < -0.3 is 15.7 Å². The zero-order valence-electron chi connectivity index (χ0n) is 11.9. The number of amidine groups is 1. The number of halogens is 1. The monoisotopic (exact) mass is 332 g/mol. The van der Waals surface area contributed by atoms with Gasteiger partial charge in [-0.3, -0.25) is 5.41 Å². The molecular weight excluding hydrogens is 320 g/mol. The van der Waals surface area contributed by atoms with E-state index in [-0.39, 0.29) is 29.1 Å². The van der Waals surface area contributed by atoms with E-state index in [0.717, 1.165) is 12.8 Å². The summed E-state index contributed by atoms with van der Waals surface area (Å²) in [6, 6.07) is 5.09. The Bertz CT molecular complexity index is 791. The third kappa shape index (κ3) is 3.21. The SMILES string of the molecule is N=C(N=NN)c1ncnc(-c2ccc(OC3CC3)c(Cl)c2)c1O. The van der Waals surface area contributed by atoms with Gasteiger partial charge in [0.05, 0.1) is 11.1 Å². The van der Waals surface area contributed by atoms with Crippen LogP contribution in [0, 0.1) is 5.41 Å². The van der Waals surface area contributed by atoms with Gasteiger partial charge in [0.2, 0.25) is 0 Å². The quantitative estimate of drug-likeness (QED) is 0.260. The van der Waals surface area contributed by atoms with Gasteiger partial charge in [-0.1, -0.05) is 16.8 Å². The molecule has 0 unspecified atom stereocenters. The lowest BCUT2D eigenvalue weighted by Gasteiger charge is -2.10. The predicted octanol–water partition coefficient (Wildman–Crippen LogP) is 2.70. The fraction of sp³-hybridized carbons (Fsp3) is 0.214. The lowest BCUT2D eigenvalue weighted by Crippen LogP contribution is -2.02. The second kappa shape index (κ2) is 6.17. The average molecular weight is 333 g/mol. The van der Waals surface area contributed by atoms with Crippen LogP contribution in [-0.2, 0) is 0 Å². The topological polar surface area (TPSA) is 130 Å². The van der Waals surface area contributed by atoms with Crippen LogP contribution in [0.2, 0.25) is 5.02 Å². The van der Waals surface area contributed by atoms with Crippen molar-refractivity contribution in [2.75, 3.05) is 0 Å². The van der Waals surface area contributed by atoms with Gasteiger partial charge in [0.1, 0.15) is 17.8 Å². The van der Waals surface area contributed by atoms with E-state index in [1.165, 1.54) is 6.33 Å². The van der Waals surface area contributed by atoms with E-state index in [4.69, 9.17) is 27.6 Å². The zero-order valence-corrected chi connectivity index (χ0v) is 12.7. The lowest BCUT2D eigenvalue weighted by atomic mass is 10.1. The summed E-state index contributed by atoms with van der Waals surface area (Å²) in [6.45, 7) is 0. The number of benzene rings is 1. The first-order chi connectivity index (χ1) is 11.1. The van der Waals surface area contributed by atoms with E-state index >= 15 is 0 Å². The van der Waals surface area contributed by atoms with E-state index in [2.05, 4.69) is 20.3 Å². The number of hydrogen-bond acceptors (Lipinski definition) is 6. The van der Waals surface area contributed by atoms with E-state index in [1.807, 2.05) is 0 Å². The predicted molar refractivity (Wildman–Crippen MR) is 83.7 cm³/mol. The fourth-order valence-electron chi connectivity index (χ4n) is 1.98. The molecule has 1 aliphatic carbocycles. The molecule has 0 atom stereocenters.